The van der Waals surface area contributed by atoms with Crippen molar-refractivity contribution in [2.24, 2.45) is 11.5 Å². The normalized spacial score (nSPS) is 14.4. The van der Waals surface area contributed by atoms with Gasteiger partial charge in [-0.3, -0.25) is 0 Å². The summed E-state index contributed by atoms with van der Waals surface area (Å²) in [5, 5.41) is 0. The molecule has 1 aromatic rings. The second-order valence-corrected chi connectivity index (χ2v) is 3.43. The summed E-state index contributed by atoms with van der Waals surface area (Å²) >= 11 is 0. The Morgan fingerprint density at radius 2 is 1.93 bits per heavy atom. The Kier molecular flexibility index (Phi) is 3.70. The van der Waals surface area contributed by atoms with Gasteiger partial charge < -0.3 is 11.5 Å². The van der Waals surface area contributed by atoms with Crippen LogP contribution in [0.15, 0.2) is 30.3 Å². The zero-order valence-electron chi connectivity index (χ0n) is 8.24. The van der Waals surface area contributed by atoms with Crippen LogP contribution in [-0.2, 0) is 5.54 Å². The highest BCUT2D eigenvalue weighted by atomic mass is 14.8. The minimum atomic E-state index is -0.479. The highest BCUT2D eigenvalue weighted by Crippen LogP contribution is 2.21. The number of nitrogens with two attached hydrogens (primary N) is 2. The fourth-order valence-corrected chi connectivity index (χ4v) is 1.43. The third kappa shape index (κ3) is 2.35. The van der Waals surface area contributed by atoms with E-state index in [9.17, 15) is 0 Å². The van der Waals surface area contributed by atoms with Crippen molar-refractivity contribution in [3.8, 4) is 12.3 Å². The molecular formula is C12H16N2. The number of rotatable bonds is 4. The van der Waals surface area contributed by atoms with Crippen LogP contribution in [0.1, 0.15) is 18.4 Å². The first-order chi connectivity index (χ1) is 6.73. The molecule has 0 heterocycles. The summed E-state index contributed by atoms with van der Waals surface area (Å²) < 4.78 is 0. The van der Waals surface area contributed by atoms with Gasteiger partial charge in [-0.1, -0.05) is 30.3 Å². The lowest BCUT2D eigenvalue weighted by atomic mass is 9.87. The molecule has 0 amide bonds. The van der Waals surface area contributed by atoms with Gasteiger partial charge >= 0.3 is 0 Å². The Labute approximate surface area is 85.3 Å². The van der Waals surface area contributed by atoms with E-state index in [1.165, 1.54) is 0 Å². The predicted molar refractivity (Wildman–Crippen MR) is 59.4 cm³/mol. The summed E-state index contributed by atoms with van der Waals surface area (Å²) in [7, 11) is 0. The van der Waals surface area contributed by atoms with Crippen LogP contribution in [0, 0.1) is 12.3 Å². The quantitative estimate of drug-likeness (QED) is 0.698. The second-order valence-electron chi connectivity index (χ2n) is 3.43. The van der Waals surface area contributed by atoms with Crippen molar-refractivity contribution in [3.63, 3.8) is 0 Å². The lowest BCUT2D eigenvalue weighted by Crippen LogP contribution is -2.43. The van der Waals surface area contributed by atoms with Gasteiger partial charge in [0.05, 0.1) is 5.54 Å². The van der Waals surface area contributed by atoms with Crippen LogP contribution in [0.25, 0.3) is 0 Å². The molecule has 0 fully saturated rings. The summed E-state index contributed by atoms with van der Waals surface area (Å²) in [6, 6.07) is 9.86. The van der Waals surface area contributed by atoms with Crippen LogP contribution in [0.4, 0.5) is 0 Å². The zero-order valence-corrected chi connectivity index (χ0v) is 8.24. The monoisotopic (exact) mass is 188 g/mol. The second kappa shape index (κ2) is 4.80. The van der Waals surface area contributed by atoms with Gasteiger partial charge in [-0.2, -0.15) is 0 Å². The Morgan fingerprint density at radius 3 is 2.43 bits per heavy atom. The van der Waals surface area contributed by atoms with Gasteiger partial charge in [0.15, 0.2) is 0 Å². The van der Waals surface area contributed by atoms with Crippen molar-refractivity contribution in [2.75, 3.05) is 6.54 Å². The molecule has 1 unspecified atom stereocenters. The van der Waals surface area contributed by atoms with Gasteiger partial charge in [0.2, 0.25) is 0 Å². The Morgan fingerprint density at radius 1 is 1.29 bits per heavy atom. The SMILES string of the molecule is C#CCCC(N)(CN)c1ccccc1. The van der Waals surface area contributed by atoms with Crippen LogP contribution in [0.5, 0.6) is 0 Å². The van der Waals surface area contributed by atoms with Gasteiger partial charge in [0.25, 0.3) is 0 Å². The maximum Gasteiger partial charge on any atom is 0.0542 e. The molecule has 0 radical (unpaired) electrons. The minimum absolute atomic E-state index is 0.415. The summed E-state index contributed by atoms with van der Waals surface area (Å²) in [5.41, 5.74) is 12.4. The molecule has 1 rings (SSSR count). The molecule has 0 spiro atoms. The topological polar surface area (TPSA) is 52.0 Å². The van der Waals surface area contributed by atoms with Crippen molar-refractivity contribution >= 4 is 0 Å². The number of terminal acetylenes is 1. The van der Waals surface area contributed by atoms with E-state index in [0.29, 0.717) is 13.0 Å². The molecule has 0 aliphatic rings. The summed E-state index contributed by atoms with van der Waals surface area (Å²) in [6.07, 6.45) is 6.60. The average Bonchev–Trinajstić information content (AvgIpc) is 2.27. The standard InChI is InChI=1S/C12H16N2/c1-2-3-9-12(14,10-13)11-7-5-4-6-8-11/h1,4-8H,3,9-10,13-14H2. The molecule has 74 valence electrons. The molecule has 0 saturated carbocycles. The largest absolute Gasteiger partial charge is 0.328 e. The molecule has 0 saturated heterocycles. The van der Waals surface area contributed by atoms with E-state index in [1.54, 1.807) is 0 Å². The first kappa shape index (κ1) is 10.8. The minimum Gasteiger partial charge on any atom is -0.328 e. The maximum absolute atomic E-state index is 6.18. The predicted octanol–water partition coefficient (Wildman–Crippen LogP) is 1.21. The highest BCUT2D eigenvalue weighted by molar-refractivity contribution is 5.24. The molecular weight excluding hydrogens is 172 g/mol. The Hall–Kier alpha value is -1.30. The van der Waals surface area contributed by atoms with Crippen molar-refractivity contribution in [2.45, 2.75) is 18.4 Å². The van der Waals surface area contributed by atoms with Gasteiger partial charge in [-0.05, 0) is 12.0 Å². The zero-order chi connectivity index (χ0) is 10.4. The van der Waals surface area contributed by atoms with E-state index < -0.39 is 5.54 Å². The lowest BCUT2D eigenvalue weighted by molar-refractivity contribution is 0.426. The average molecular weight is 188 g/mol. The molecule has 4 N–H and O–H groups in total. The Balaban J connectivity index is 2.85. The number of hydrogen-bond acceptors (Lipinski definition) is 2. The smallest absolute Gasteiger partial charge is 0.0542 e. The van der Waals surface area contributed by atoms with Gasteiger partial charge in [-0.25, -0.2) is 0 Å². The molecule has 2 nitrogen and oxygen atoms in total. The van der Waals surface area contributed by atoms with Gasteiger partial charge in [0, 0.05) is 13.0 Å². The first-order valence-electron chi connectivity index (χ1n) is 4.71. The summed E-state index contributed by atoms with van der Waals surface area (Å²) in [5.74, 6) is 2.59. The molecule has 0 aromatic heterocycles. The van der Waals surface area contributed by atoms with E-state index in [1.807, 2.05) is 30.3 Å². The van der Waals surface area contributed by atoms with Crippen molar-refractivity contribution < 1.29 is 0 Å². The molecule has 1 atom stereocenters. The molecule has 2 heteroatoms. The first-order valence-corrected chi connectivity index (χ1v) is 4.71. The van der Waals surface area contributed by atoms with E-state index in [0.717, 1.165) is 12.0 Å². The summed E-state index contributed by atoms with van der Waals surface area (Å²) in [4.78, 5) is 0. The van der Waals surface area contributed by atoms with Crippen LogP contribution < -0.4 is 11.5 Å². The highest BCUT2D eigenvalue weighted by Gasteiger charge is 2.24. The number of hydrogen-bond donors (Lipinski definition) is 2. The fourth-order valence-electron chi connectivity index (χ4n) is 1.43. The molecule has 0 aliphatic heterocycles. The Bertz CT molecular complexity index is 313. The molecule has 0 bridgehead atoms. The third-order valence-electron chi connectivity index (χ3n) is 2.43. The van der Waals surface area contributed by atoms with E-state index in [-0.39, 0.29) is 0 Å². The molecule has 0 aliphatic carbocycles. The van der Waals surface area contributed by atoms with Crippen molar-refractivity contribution in [1.82, 2.24) is 0 Å². The van der Waals surface area contributed by atoms with Crippen LogP contribution >= 0.6 is 0 Å². The maximum atomic E-state index is 6.18. The van der Waals surface area contributed by atoms with E-state index >= 15 is 0 Å². The van der Waals surface area contributed by atoms with Gasteiger partial charge in [-0.15, -0.1) is 12.3 Å². The lowest BCUT2D eigenvalue weighted by Gasteiger charge is -2.27. The van der Waals surface area contributed by atoms with Crippen molar-refractivity contribution in [3.05, 3.63) is 35.9 Å². The van der Waals surface area contributed by atoms with E-state index in [4.69, 9.17) is 17.9 Å². The van der Waals surface area contributed by atoms with Crippen LogP contribution in [0.2, 0.25) is 0 Å². The van der Waals surface area contributed by atoms with Gasteiger partial charge in [0.1, 0.15) is 0 Å². The third-order valence-corrected chi connectivity index (χ3v) is 2.43. The van der Waals surface area contributed by atoms with Crippen LogP contribution in [-0.4, -0.2) is 6.54 Å². The molecule has 1 aromatic carbocycles. The summed E-state index contributed by atoms with van der Waals surface area (Å²) in [6.45, 7) is 0.415. The fraction of sp³-hybridized carbons (Fsp3) is 0.333. The van der Waals surface area contributed by atoms with Crippen LogP contribution in [0.3, 0.4) is 0 Å². The van der Waals surface area contributed by atoms with E-state index in [2.05, 4.69) is 5.92 Å². The molecule has 14 heavy (non-hydrogen) atoms. The van der Waals surface area contributed by atoms with Crippen molar-refractivity contribution in [1.29, 1.82) is 0 Å². The number of benzene rings is 1.